The van der Waals surface area contributed by atoms with Crippen LogP contribution >= 0.6 is 0 Å². The standard InChI is InChI=1S/C11H18O6/c1-5-16-10(15)7(9(13)14)6-8(12)17-11(2,3)4/h7H,5-6H2,1-4H3,(H,13,14). The van der Waals surface area contributed by atoms with Crippen LogP contribution in [0.2, 0.25) is 0 Å². The number of hydrogen-bond donors (Lipinski definition) is 1. The molecule has 0 aliphatic rings. The number of carbonyl (C=O) groups excluding carboxylic acids is 2. The van der Waals surface area contributed by atoms with Crippen molar-refractivity contribution in [1.29, 1.82) is 0 Å². The van der Waals surface area contributed by atoms with E-state index < -0.39 is 35.8 Å². The molecule has 6 heteroatoms. The molecule has 0 amide bonds. The summed E-state index contributed by atoms with van der Waals surface area (Å²) in [6.07, 6.45) is -0.522. The summed E-state index contributed by atoms with van der Waals surface area (Å²) in [6, 6.07) is 0. The Labute approximate surface area is 99.9 Å². The topological polar surface area (TPSA) is 89.9 Å². The SMILES string of the molecule is CCOC(=O)C(CC(=O)OC(C)(C)C)C(=O)O. The van der Waals surface area contributed by atoms with Gasteiger partial charge in [0.2, 0.25) is 0 Å². The Morgan fingerprint density at radius 3 is 2.12 bits per heavy atom. The first-order valence-electron chi connectivity index (χ1n) is 5.28. The summed E-state index contributed by atoms with van der Waals surface area (Å²) in [5.41, 5.74) is -0.713. The molecule has 17 heavy (non-hydrogen) atoms. The van der Waals surface area contributed by atoms with Crippen LogP contribution < -0.4 is 0 Å². The van der Waals surface area contributed by atoms with Crippen LogP contribution in [-0.4, -0.2) is 35.2 Å². The molecule has 0 aromatic rings. The van der Waals surface area contributed by atoms with Crippen molar-refractivity contribution in [2.75, 3.05) is 6.61 Å². The number of carbonyl (C=O) groups is 3. The van der Waals surface area contributed by atoms with Gasteiger partial charge in [0.05, 0.1) is 13.0 Å². The molecular formula is C11H18O6. The first-order valence-corrected chi connectivity index (χ1v) is 5.28. The second-order valence-corrected chi connectivity index (χ2v) is 4.43. The van der Waals surface area contributed by atoms with Crippen molar-refractivity contribution < 1.29 is 29.0 Å². The van der Waals surface area contributed by atoms with Crippen LogP contribution in [0.3, 0.4) is 0 Å². The molecule has 0 aliphatic heterocycles. The Morgan fingerprint density at radius 1 is 1.24 bits per heavy atom. The number of ether oxygens (including phenoxy) is 2. The van der Waals surface area contributed by atoms with Gasteiger partial charge in [0.15, 0.2) is 5.92 Å². The lowest BCUT2D eigenvalue weighted by Crippen LogP contribution is -2.32. The third-order valence-electron chi connectivity index (χ3n) is 1.66. The zero-order chi connectivity index (χ0) is 13.6. The molecule has 0 fully saturated rings. The summed E-state index contributed by atoms with van der Waals surface area (Å²) >= 11 is 0. The fourth-order valence-corrected chi connectivity index (χ4v) is 1.06. The fourth-order valence-electron chi connectivity index (χ4n) is 1.06. The highest BCUT2D eigenvalue weighted by atomic mass is 16.6. The molecule has 0 bridgehead atoms. The van der Waals surface area contributed by atoms with Crippen LogP contribution in [0.4, 0.5) is 0 Å². The predicted octanol–water partition coefficient (Wildman–Crippen LogP) is 0.982. The molecule has 1 N–H and O–H groups in total. The van der Waals surface area contributed by atoms with Crippen LogP contribution in [0, 0.1) is 5.92 Å². The number of esters is 2. The van der Waals surface area contributed by atoms with Crippen LogP contribution in [0.15, 0.2) is 0 Å². The van der Waals surface area contributed by atoms with Gasteiger partial charge in [-0.15, -0.1) is 0 Å². The third kappa shape index (κ3) is 6.55. The van der Waals surface area contributed by atoms with E-state index in [1.807, 2.05) is 0 Å². The van der Waals surface area contributed by atoms with Gasteiger partial charge in [0, 0.05) is 0 Å². The minimum atomic E-state index is -1.51. The lowest BCUT2D eigenvalue weighted by molar-refractivity contribution is -0.167. The van der Waals surface area contributed by atoms with E-state index in [0.717, 1.165) is 0 Å². The normalized spacial score (nSPS) is 12.7. The van der Waals surface area contributed by atoms with Gasteiger partial charge in [-0.3, -0.25) is 14.4 Å². The van der Waals surface area contributed by atoms with Crippen molar-refractivity contribution >= 4 is 17.9 Å². The van der Waals surface area contributed by atoms with Gasteiger partial charge in [-0.05, 0) is 27.7 Å². The quantitative estimate of drug-likeness (QED) is 0.574. The first-order chi connectivity index (χ1) is 7.67. The Balaban J connectivity index is 4.51. The van der Waals surface area contributed by atoms with Crippen molar-refractivity contribution in [3.05, 3.63) is 0 Å². The molecule has 0 rings (SSSR count). The monoisotopic (exact) mass is 246 g/mol. The van der Waals surface area contributed by atoms with E-state index in [-0.39, 0.29) is 6.61 Å². The van der Waals surface area contributed by atoms with Crippen molar-refractivity contribution in [2.24, 2.45) is 5.92 Å². The number of carboxylic acid groups (broad SMARTS) is 1. The summed E-state index contributed by atoms with van der Waals surface area (Å²) in [7, 11) is 0. The largest absolute Gasteiger partial charge is 0.481 e. The molecule has 0 heterocycles. The summed E-state index contributed by atoms with van der Waals surface area (Å²) < 4.78 is 9.51. The molecule has 0 aromatic carbocycles. The van der Waals surface area contributed by atoms with Gasteiger partial charge in [-0.1, -0.05) is 0 Å². The van der Waals surface area contributed by atoms with E-state index in [9.17, 15) is 14.4 Å². The fraction of sp³-hybridized carbons (Fsp3) is 0.727. The Hall–Kier alpha value is -1.59. The molecule has 98 valence electrons. The highest BCUT2D eigenvalue weighted by molar-refractivity contribution is 5.97. The van der Waals surface area contributed by atoms with Gasteiger partial charge in [0.25, 0.3) is 0 Å². The third-order valence-corrected chi connectivity index (χ3v) is 1.66. The number of hydrogen-bond acceptors (Lipinski definition) is 5. The molecule has 6 nitrogen and oxygen atoms in total. The first kappa shape index (κ1) is 15.4. The van der Waals surface area contributed by atoms with Crippen LogP contribution in [-0.2, 0) is 23.9 Å². The molecule has 0 aliphatic carbocycles. The summed E-state index contributed by atoms with van der Waals surface area (Å²) in [6.45, 7) is 6.60. The van der Waals surface area contributed by atoms with Crippen LogP contribution in [0.25, 0.3) is 0 Å². The summed E-state index contributed by atoms with van der Waals surface area (Å²) in [5.74, 6) is -4.57. The zero-order valence-electron chi connectivity index (χ0n) is 10.5. The number of carboxylic acids is 1. The van der Waals surface area contributed by atoms with Crippen molar-refractivity contribution in [3.8, 4) is 0 Å². The Kier molecular flexibility index (Phi) is 5.64. The number of aliphatic carboxylic acids is 1. The van der Waals surface area contributed by atoms with E-state index in [0.29, 0.717) is 0 Å². The molecule has 0 saturated carbocycles. The van der Waals surface area contributed by atoms with Gasteiger partial charge in [-0.25, -0.2) is 0 Å². The van der Waals surface area contributed by atoms with Gasteiger partial charge < -0.3 is 14.6 Å². The van der Waals surface area contributed by atoms with E-state index in [2.05, 4.69) is 4.74 Å². The average Bonchev–Trinajstić information content (AvgIpc) is 2.11. The molecular weight excluding hydrogens is 228 g/mol. The number of rotatable bonds is 5. The molecule has 0 radical (unpaired) electrons. The molecule has 0 aromatic heterocycles. The second kappa shape index (κ2) is 6.22. The summed E-state index contributed by atoms with van der Waals surface area (Å²) in [5, 5.41) is 8.81. The second-order valence-electron chi connectivity index (χ2n) is 4.43. The zero-order valence-corrected chi connectivity index (χ0v) is 10.5. The maximum atomic E-state index is 11.4. The molecule has 0 saturated heterocycles. The van der Waals surface area contributed by atoms with Crippen LogP contribution in [0.5, 0.6) is 0 Å². The predicted molar refractivity (Wildman–Crippen MR) is 58.2 cm³/mol. The van der Waals surface area contributed by atoms with Crippen LogP contribution in [0.1, 0.15) is 34.1 Å². The molecule has 0 spiro atoms. The minimum absolute atomic E-state index is 0.0664. The maximum absolute atomic E-state index is 11.4. The van der Waals surface area contributed by atoms with E-state index in [1.165, 1.54) is 0 Å². The summed E-state index contributed by atoms with van der Waals surface area (Å²) in [4.78, 5) is 33.5. The molecule has 1 unspecified atom stereocenters. The van der Waals surface area contributed by atoms with Crippen molar-refractivity contribution in [2.45, 2.75) is 39.7 Å². The smallest absolute Gasteiger partial charge is 0.320 e. The van der Waals surface area contributed by atoms with E-state index >= 15 is 0 Å². The highest BCUT2D eigenvalue weighted by Gasteiger charge is 2.32. The van der Waals surface area contributed by atoms with E-state index in [1.54, 1.807) is 27.7 Å². The average molecular weight is 246 g/mol. The van der Waals surface area contributed by atoms with Gasteiger partial charge >= 0.3 is 17.9 Å². The highest BCUT2D eigenvalue weighted by Crippen LogP contribution is 2.13. The molecule has 1 atom stereocenters. The van der Waals surface area contributed by atoms with E-state index in [4.69, 9.17) is 9.84 Å². The maximum Gasteiger partial charge on any atom is 0.320 e. The minimum Gasteiger partial charge on any atom is -0.481 e. The van der Waals surface area contributed by atoms with Crippen molar-refractivity contribution in [3.63, 3.8) is 0 Å². The Bertz CT molecular complexity index is 302. The van der Waals surface area contributed by atoms with Gasteiger partial charge in [0.1, 0.15) is 5.60 Å². The van der Waals surface area contributed by atoms with Gasteiger partial charge in [-0.2, -0.15) is 0 Å². The Morgan fingerprint density at radius 2 is 1.76 bits per heavy atom. The lowest BCUT2D eigenvalue weighted by Gasteiger charge is -2.20. The van der Waals surface area contributed by atoms with Crippen molar-refractivity contribution in [1.82, 2.24) is 0 Å². The lowest BCUT2D eigenvalue weighted by atomic mass is 10.1.